The van der Waals surface area contributed by atoms with Crippen molar-refractivity contribution in [2.75, 3.05) is 0 Å². The Hall–Kier alpha value is -1.37. The Morgan fingerprint density at radius 3 is 2.94 bits per heavy atom. The van der Waals surface area contributed by atoms with Crippen LogP contribution in [0.15, 0.2) is 24.5 Å². The van der Waals surface area contributed by atoms with Gasteiger partial charge in [-0.1, -0.05) is 25.7 Å². The van der Waals surface area contributed by atoms with Gasteiger partial charge < -0.3 is 9.84 Å². The van der Waals surface area contributed by atoms with E-state index < -0.39 is 6.10 Å². The first-order chi connectivity index (χ1) is 8.22. The van der Waals surface area contributed by atoms with Crippen LogP contribution < -0.4 is 0 Å². The summed E-state index contributed by atoms with van der Waals surface area (Å²) in [6, 6.07) is 3.73. The molecule has 0 aromatic carbocycles. The maximum absolute atomic E-state index is 9.99. The number of aromatic nitrogens is 1. The third kappa shape index (κ3) is 2.66. The molecule has 0 amide bonds. The fraction of sp³-hybridized carbons (Fsp3) is 0.500. The van der Waals surface area contributed by atoms with Gasteiger partial charge in [-0.05, 0) is 18.6 Å². The van der Waals surface area contributed by atoms with E-state index in [2.05, 4.69) is 23.7 Å². The Bertz CT molecular complexity index is 421. The predicted molar refractivity (Wildman–Crippen MR) is 65.2 cm³/mol. The minimum Gasteiger partial charge on any atom is -0.389 e. The normalized spacial score (nSPS) is 31.9. The van der Waals surface area contributed by atoms with Gasteiger partial charge in [-0.3, -0.25) is 4.98 Å². The van der Waals surface area contributed by atoms with Gasteiger partial charge in [0.15, 0.2) is 0 Å². The number of nitrogens with zero attached hydrogens (tertiary/aromatic N) is 1. The Kier molecular flexibility index (Phi) is 3.78. The summed E-state index contributed by atoms with van der Waals surface area (Å²) in [4.78, 5) is 3.99. The zero-order valence-corrected chi connectivity index (χ0v) is 10.1. The van der Waals surface area contributed by atoms with E-state index in [1.165, 1.54) is 0 Å². The van der Waals surface area contributed by atoms with Gasteiger partial charge >= 0.3 is 0 Å². The summed E-state index contributed by atoms with van der Waals surface area (Å²) in [5.41, 5.74) is 0.843. The van der Waals surface area contributed by atoms with Crippen molar-refractivity contribution in [1.82, 2.24) is 4.98 Å². The summed E-state index contributed by atoms with van der Waals surface area (Å²) in [5, 5.41) is 9.99. The first kappa shape index (κ1) is 12.1. The standard InChI is InChI=1S/C14H17NO2/c1-3-12-10(2)14(16)13(17-12)7-6-11-5-4-8-15-9-11/h4-5,8-10,12-14,16H,3H2,1-2H3/t10-,12-,13+,14-/m1/s1. The van der Waals surface area contributed by atoms with E-state index in [0.717, 1.165) is 12.0 Å². The second kappa shape index (κ2) is 5.31. The molecule has 0 aliphatic carbocycles. The molecule has 2 heterocycles. The molecule has 2 rings (SSSR count). The van der Waals surface area contributed by atoms with Crippen LogP contribution >= 0.6 is 0 Å². The van der Waals surface area contributed by atoms with E-state index in [1.807, 2.05) is 19.1 Å². The highest BCUT2D eigenvalue weighted by molar-refractivity contribution is 5.32. The molecule has 1 fully saturated rings. The first-order valence-corrected chi connectivity index (χ1v) is 5.97. The van der Waals surface area contributed by atoms with Crippen molar-refractivity contribution in [2.24, 2.45) is 5.92 Å². The van der Waals surface area contributed by atoms with Crippen molar-refractivity contribution < 1.29 is 9.84 Å². The van der Waals surface area contributed by atoms with Crippen molar-refractivity contribution in [3.63, 3.8) is 0 Å². The largest absolute Gasteiger partial charge is 0.389 e. The number of ether oxygens (including phenoxy) is 1. The van der Waals surface area contributed by atoms with Gasteiger partial charge in [-0.15, -0.1) is 0 Å². The van der Waals surface area contributed by atoms with E-state index >= 15 is 0 Å². The zero-order chi connectivity index (χ0) is 12.3. The number of aliphatic hydroxyl groups is 1. The van der Waals surface area contributed by atoms with Crippen molar-refractivity contribution in [1.29, 1.82) is 0 Å². The van der Waals surface area contributed by atoms with Crippen LogP contribution in [0, 0.1) is 17.8 Å². The predicted octanol–water partition coefficient (Wildman–Crippen LogP) is 1.61. The molecule has 1 aliphatic rings. The zero-order valence-electron chi connectivity index (χ0n) is 10.1. The van der Waals surface area contributed by atoms with Gasteiger partial charge in [-0.2, -0.15) is 0 Å². The van der Waals surface area contributed by atoms with Crippen LogP contribution in [0.3, 0.4) is 0 Å². The fourth-order valence-electron chi connectivity index (χ4n) is 2.07. The molecule has 1 aromatic rings. The van der Waals surface area contributed by atoms with Crippen molar-refractivity contribution in [3.05, 3.63) is 30.1 Å². The van der Waals surface area contributed by atoms with Crippen LogP contribution in [0.25, 0.3) is 0 Å². The smallest absolute Gasteiger partial charge is 0.145 e. The lowest BCUT2D eigenvalue weighted by Gasteiger charge is -2.11. The van der Waals surface area contributed by atoms with Crippen LogP contribution in [0.4, 0.5) is 0 Å². The maximum atomic E-state index is 9.99. The second-order valence-corrected chi connectivity index (χ2v) is 4.36. The Balaban J connectivity index is 2.08. The summed E-state index contributed by atoms with van der Waals surface area (Å²) < 4.78 is 5.71. The number of hydrogen-bond acceptors (Lipinski definition) is 3. The summed E-state index contributed by atoms with van der Waals surface area (Å²) in [5.74, 6) is 6.11. The van der Waals surface area contributed by atoms with Gasteiger partial charge in [0.25, 0.3) is 0 Å². The number of pyridine rings is 1. The summed E-state index contributed by atoms with van der Waals surface area (Å²) in [6.07, 6.45) is 3.55. The van der Waals surface area contributed by atoms with Crippen LogP contribution in [0.5, 0.6) is 0 Å². The van der Waals surface area contributed by atoms with Gasteiger partial charge in [0, 0.05) is 23.9 Å². The SMILES string of the molecule is CC[C@H]1O[C@@H](C#Cc2cccnc2)[C@H](O)[C@@H]1C. The second-order valence-electron chi connectivity index (χ2n) is 4.36. The lowest BCUT2D eigenvalue weighted by molar-refractivity contribution is 0.0438. The van der Waals surface area contributed by atoms with E-state index in [-0.39, 0.29) is 18.1 Å². The van der Waals surface area contributed by atoms with Crippen LogP contribution in [-0.2, 0) is 4.74 Å². The highest BCUT2D eigenvalue weighted by Crippen LogP contribution is 2.28. The molecule has 3 nitrogen and oxygen atoms in total. The summed E-state index contributed by atoms with van der Waals surface area (Å²) in [6.45, 7) is 4.06. The lowest BCUT2D eigenvalue weighted by Crippen LogP contribution is -2.24. The average molecular weight is 231 g/mol. The molecule has 0 bridgehead atoms. The van der Waals surface area contributed by atoms with Crippen molar-refractivity contribution in [3.8, 4) is 11.8 Å². The highest BCUT2D eigenvalue weighted by Gasteiger charge is 2.38. The Labute approximate surface area is 102 Å². The molecule has 0 saturated carbocycles. The minimum absolute atomic E-state index is 0.109. The van der Waals surface area contributed by atoms with E-state index in [0.29, 0.717) is 0 Å². The van der Waals surface area contributed by atoms with Crippen LogP contribution in [0.2, 0.25) is 0 Å². The van der Waals surface area contributed by atoms with Crippen molar-refractivity contribution >= 4 is 0 Å². The molecular weight excluding hydrogens is 214 g/mol. The Morgan fingerprint density at radius 1 is 1.53 bits per heavy atom. The molecule has 1 saturated heterocycles. The molecule has 4 atom stereocenters. The monoisotopic (exact) mass is 231 g/mol. The third-order valence-corrected chi connectivity index (χ3v) is 3.18. The van der Waals surface area contributed by atoms with Crippen LogP contribution in [-0.4, -0.2) is 28.4 Å². The molecule has 1 N–H and O–H groups in total. The molecule has 17 heavy (non-hydrogen) atoms. The van der Waals surface area contributed by atoms with Gasteiger partial charge in [-0.25, -0.2) is 0 Å². The molecule has 0 unspecified atom stereocenters. The summed E-state index contributed by atoms with van der Waals surface area (Å²) >= 11 is 0. The summed E-state index contributed by atoms with van der Waals surface area (Å²) in [7, 11) is 0. The molecule has 0 radical (unpaired) electrons. The molecule has 0 spiro atoms. The Morgan fingerprint density at radius 2 is 2.35 bits per heavy atom. The van der Waals surface area contributed by atoms with E-state index in [9.17, 15) is 5.11 Å². The number of rotatable bonds is 1. The number of aliphatic hydroxyl groups excluding tert-OH is 1. The number of hydrogen-bond donors (Lipinski definition) is 1. The van der Waals surface area contributed by atoms with E-state index in [1.54, 1.807) is 12.4 Å². The minimum atomic E-state index is -0.496. The molecule has 1 aliphatic heterocycles. The van der Waals surface area contributed by atoms with Gasteiger partial charge in [0.05, 0.1) is 12.2 Å². The van der Waals surface area contributed by atoms with Crippen LogP contribution in [0.1, 0.15) is 25.8 Å². The molecule has 1 aromatic heterocycles. The molecule has 90 valence electrons. The van der Waals surface area contributed by atoms with Gasteiger partial charge in [0.2, 0.25) is 0 Å². The average Bonchev–Trinajstić information content (AvgIpc) is 2.65. The van der Waals surface area contributed by atoms with E-state index in [4.69, 9.17) is 4.74 Å². The topological polar surface area (TPSA) is 42.4 Å². The highest BCUT2D eigenvalue weighted by atomic mass is 16.5. The quantitative estimate of drug-likeness (QED) is 0.747. The van der Waals surface area contributed by atoms with Gasteiger partial charge in [0.1, 0.15) is 6.10 Å². The molecule has 3 heteroatoms. The first-order valence-electron chi connectivity index (χ1n) is 5.97. The fourth-order valence-corrected chi connectivity index (χ4v) is 2.07. The maximum Gasteiger partial charge on any atom is 0.145 e. The third-order valence-electron chi connectivity index (χ3n) is 3.18. The van der Waals surface area contributed by atoms with Crippen molar-refractivity contribution in [2.45, 2.75) is 38.6 Å². The lowest BCUT2D eigenvalue weighted by atomic mass is 9.97. The molecular formula is C14H17NO2.